The molecule has 0 spiro atoms. The highest BCUT2D eigenvalue weighted by Crippen LogP contribution is 2.33. The van der Waals surface area contributed by atoms with Crippen LogP contribution in [-0.2, 0) is 20.1 Å². The fourth-order valence-corrected chi connectivity index (χ4v) is 4.43. The summed E-state index contributed by atoms with van der Waals surface area (Å²) in [5, 5.41) is 3.73. The summed E-state index contributed by atoms with van der Waals surface area (Å²) in [4.78, 5) is 26.4. The van der Waals surface area contributed by atoms with Crippen molar-refractivity contribution in [2.24, 2.45) is 7.05 Å². The number of hydrogen-bond donors (Lipinski definition) is 1. The van der Waals surface area contributed by atoms with Gasteiger partial charge in [-0.05, 0) is 53.1 Å². The van der Waals surface area contributed by atoms with Crippen LogP contribution < -0.4 is 35.5 Å². The van der Waals surface area contributed by atoms with Gasteiger partial charge in [-0.3, -0.25) is 13.9 Å². The van der Waals surface area contributed by atoms with E-state index in [1.165, 1.54) is 9.13 Å². The summed E-state index contributed by atoms with van der Waals surface area (Å²) in [6, 6.07) is 16.5. The van der Waals surface area contributed by atoms with Crippen LogP contribution >= 0.6 is 0 Å². The van der Waals surface area contributed by atoms with Gasteiger partial charge in [-0.1, -0.05) is 24.8 Å². The number of benzene rings is 3. The fourth-order valence-electron chi connectivity index (χ4n) is 4.43. The molecule has 9 heteroatoms. The van der Waals surface area contributed by atoms with E-state index in [1.807, 2.05) is 30.3 Å². The molecule has 0 amide bonds. The number of aromatic nitrogens is 2. The monoisotopic (exact) mass is 485 g/mol. The van der Waals surface area contributed by atoms with E-state index in [-0.39, 0.29) is 25.7 Å². The van der Waals surface area contributed by atoms with Gasteiger partial charge in [0.05, 0.1) is 17.4 Å². The molecule has 0 saturated heterocycles. The second-order valence-electron chi connectivity index (χ2n) is 8.67. The first kappa shape index (κ1) is 21.8. The van der Waals surface area contributed by atoms with Crippen LogP contribution in [0.5, 0.6) is 23.0 Å². The zero-order chi connectivity index (χ0) is 24.8. The summed E-state index contributed by atoms with van der Waals surface area (Å²) < 4.78 is 24.3. The van der Waals surface area contributed by atoms with E-state index in [9.17, 15) is 9.59 Å². The molecule has 0 radical (unpaired) electrons. The lowest BCUT2D eigenvalue weighted by Gasteiger charge is -2.14. The van der Waals surface area contributed by atoms with Gasteiger partial charge < -0.3 is 24.3 Å². The zero-order valence-electron chi connectivity index (χ0n) is 19.6. The number of aryl methyl sites for hydroxylation is 1. The number of nitrogens with zero attached hydrogens (tertiary/aromatic N) is 2. The van der Waals surface area contributed by atoms with Crippen molar-refractivity contribution in [1.29, 1.82) is 0 Å². The van der Waals surface area contributed by atoms with Crippen molar-refractivity contribution in [2.75, 3.05) is 13.6 Å². The Kier molecular flexibility index (Phi) is 5.18. The van der Waals surface area contributed by atoms with Crippen molar-refractivity contribution in [3.63, 3.8) is 0 Å². The van der Waals surface area contributed by atoms with Gasteiger partial charge in [0.2, 0.25) is 13.6 Å². The Morgan fingerprint density at radius 3 is 2.22 bits per heavy atom. The number of ether oxygens (including phenoxy) is 4. The van der Waals surface area contributed by atoms with Crippen LogP contribution in [0.25, 0.3) is 16.6 Å². The molecule has 0 fully saturated rings. The number of rotatable bonds is 6. The summed E-state index contributed by atoms with van der Waals surface area (Å²) in [6.45, 7) is 5.17. The van der Waals surface area contributed by atoms with Crippen molar-refractivity contribution in [3.8, 4) is 23.0 Å². The van der Waals surface area contributed by atoms with Gasteiger partial charge in [-0.2, -0.15) is 0 Å². The molecule has 2 aliphatic heterocycles. The molecule has 1 aromatic heterocycles. The zero-order valence-corrected chi connectivity index (χ0v) is 19.6. The summed E-state index contributed by atoms with van der Waals surface area (Å²) >= 11 is 0. The lowest BCUT2D eigenvalue weighted by molar-refractivity contribution is 0.173. The molecule has 182 valence electrons. The highest BCUT2D eigenvalue weighted by Gasteiger charge is 2.17. The molecule has 0 bridgehead atoms. The molecule has 2 aliphatic rings. The summed E-state index contributed by atoms with van der Waals surface area (Å²) in [5.41, 5.74) is 2.99. The minimum Gasteiger partial charge on any atom is -0.454 e. The molecular formula is C27H23N3O6. The molecular weight excluding hydrogens is 462 g/mol. The van der Waals surface area contributed by atoms with Crippen molar-refractivity contribution < 1.29 is 18.9 Å². The molecule has 1 N–H and O–H groups in total. The quantitative estimate of drug-likeness (QED) is 0.449. The van der Waals surface area contributed by atoms with E-state index in [0.717, 1.165) is 28.2 Å². The van der Waals surface area contributed by atoms with Gasteiger partial charge >= 0.3 is 5.69 Å². The second kappa shape index (κ2) is 8.53. The standard InChI is InChI=1S/C27H23N3O6/c1-16(28-12-17-3-7-22-24(9-17)35-14-33-22)19-5-6-21-20(11-19)26(31)30(27(32)29(21)2)13-18-4-8-23-25(10-18)36-15-34-23/h3-11,28H,1,12-15H2,2H3. The van der Waals surface area contributed by atoms with Gasteiger partial charge in [0.15, 0.2) is 23.0 Å². The summed E-state index contributed by atoms with van der Waals surface area (Å²) in [6.07, 6.45) is 0. The molecule has 9 nitrogen and oxygen atoms in total. The number of fused-ring (bicyclic) bond motifs is 3. The lowest BCUT2D eigenvalue weighted by atomic mass is 10.1. The first-order valence-electron chi connectivity index (χ1n) is 11.4. The largest absolute Gasteiger partial charge is 0.454 e. The van der Waals surface area contributed by atoms with Crippen LogP contribution in [0, 0.1) is 0 Å². The third kappa shape index (κ3) is 3.74. The minimum atomic E-state index is -0.391. The maximum absolute atomic E-state index is 13.4. The topological polar surface area (TPSA) is 93.0 Å². The lowest BCUT2D eigenvalue weighted by Crippen LogP contribution is -2.39. The Bertz CT molecular complexity index is 1650. The van der Waals surface area contributed by atoms with Crippen LogP contribution in [0.2, 0.25) is 0 Å². The van der Waals surface area contributed by atoms with E-state index in [0.29, 0.717) is 34.6 Å². The Morgan fingerprint density at radius 2 is 1.50 bits per heavy atom. The normalized spacial score (nSPS) is 13.2. The average molecular weight is 485 g/mol. The third-order valence-electron chi connectivity index (χ3n) is 6.42. The molecule has 3 aromatic carbocycles. The van der Waals surface area contributed by atoms with Gasteiger partial charge in [-0.15, -0.1) is 0 Å². The number of nitrogens with one attached hydrogen (secondary N) is 1. The van der Waals surface area contributed by atoms with Gasteiger partial charge in [0.25, 0.3) is 5.56 Å². The van der Waals surface area contributed by atoms with E-state index in [2.05, 4.69) is 11.9 Å². The predicted molar refractivity (Wildman–Crippen MR) is 134 cm³/mol. The average Bonchev–Trinajstić information content (AvgIpc) is 3.57. The summed E-state index contributed by atoms with van der Waals surface area (Å²) in [5.74, 6) is 2.70. The highest BCUT2D eigenvalue weighted by atomic mass is 16.7. The number of hydrogen-bond acceptors (Lipinski definition) is 7. The van der Waals surface area contributed by atoms with Crippen LogP contribution in [-0.4, -0.2) is 22.7 Å². The van der Waals surface area contributed by atoms with Crippen molar-refractivity contribution in [2.45, 2.75) is 13.1 Å². The predicted octanol–water partition coefficient (Wildman–Crippen LogP) is 2.97. The Labute approximate surface area is 205 Å². The van der Waals surface area contributed by atoms with E-state index < -0.39 is 5.69 Å². The van der Waals surface area contributed by atoms with Crippen LogP contribution in [0.15, 0.2) is 70.8 Å². The minimum absolute atomic E-state index is 0.117. The Hall–Kier alpha value is -4.66. The molecule has 0 aliphatic carbocycles. The molecule has 4 aromatic rings. The van der Waals surface area contributed by atoms with E-state index >= 15 is 0 Å². The van der Waals surface area contributed by atoms with E-state index in [1.54, 1.807) is 31.3 Å². The van der Waals surface area contributed by atoms with Crippen molar-refractivity contribution >= 4 is 16.6 Å². The second-order valence-corrected chi connectivity index (χ2v) is 8.67. The third-order valence-corrected chi connectivity index (χ3v) is 6.42. The fraction of sp³-hybridized carbons (Fsp3) is 0.185. The first-order valence-corrected chi connectivity index (χ1v) is 11.4. The Morgan fingerprint density at radius 1 is 0.861 bits per heavy atom. The van der Waals surface area contributed by atoms with Gasteiger partial charge in [0, 0.05) is 19.3 Å². The van der Waals surface area contributed by atoms with Gasteiger partial charge in [-0.25, -0.2) is 4.79 Å². The maximum Gasteiger partial charge on any atom is 0.331 e. The molecule has 0 unspecified atom stereocenters. The van der Waals surface area contributed by atoms with Gasteiger partial charge in [0.1, 0.15) is 0 Å². The SMILES string of the molecule is C=C(NCc1ccc2c(c1)OCO2)c1ccc2c(c1)c(=O)n(Cc1ccc3c(c1)OCO3)c(=O)n2C. The maximum atomic E-state index is 13.4. The summed E-state index contributed by atoms with van der Waals surface area (Å²) in [7, 11) is 1.66. The smallest absolute Gasteiger partial charge is 0.331 e. The first-order chi connectivity index (χ1) is 17.5. The molecule has 6 rings (SSSR count). The highest BCUT2D eigenvalue weighted by molar-refractivity contribution is 5.82. The van der Waals surface area contributed by atoms with Crippen molar-refractivity contribution in [3.05, 3.63) is 98.7 Å². The van der Waals surface area contributed by atoms with Crippen LogP contribution in [0.3, 0.4) is 0 Å². The molecule has 36 heavy (non-hydrogen) atoms. The van der Waals surface area contributed by atoms with Crippen LogP contribution in [0.4, 0.5) is 0 Å². The van der Waals surface area contributed by atoms with Crippen molar-refractivity contribution in [1.82, 2.24) is 14.5 Å². The molecule has 3 heterocycles. The molecule has 0 saturated carbocycles. The molecule has 0 atom stereocenters. The van der Waals surface area contributed by atoms with E-state index in [4.69, 9.17) is 18.9 Å². The Balaban J connectivity index is 1.29. The van der Waals surface area contributed by atoms with Crippen LogP contribution in [0.1, 0.15) is 16.7 Å².